The lowest BCUT2D eigenvalue weighted by atomic mass is 10.1. The molecule has 0 aromatic rings. The number of unbranched alkanes of at least 4 members (excludes halogenated alkanes) is 4. The van der Waals surface area contributed by atoms with Crippen molar-refractivity contribution in [3.05, 3.63) is 0 Å². The minimum Gasteiger partial charge on any atom is -0.330 e. The Balaban J connectivity index is 2.69. The highest BCUT2D eigenvalue weighted by molar-refractivity contribution is 4.43. The average molecular weight is 162 g/mol. The zero-order chi connectivity index (χ0) is 8.36. The molecule has 0 aromatic heterocycles. The predicted octanol–water partition coefficient (Wildman–Crippen LogP) is 0.718. The van der Waals surface area contributed by atoms with Crippen LogP contribution in [0.2, 0.25) is 0 Å². The first-order valence-electron chi connectivity index (χ1n) is 4.10. The summed E-state index contributed by atoms with van der Waals surface area (Å²) in [4.78, 5) is 8.44. The highest BCUT2D eigenvalue weighted by atomic mass is 17.3. The van der Waals surface area contributed by atoms with Gasteiger partial charge in [-0.1, -0.05) is 19.3 Å². The zero-order valence-electron chi connectivity index (χ0n) is 6.92. The highest BCUT2D eigenvalue weighted by Crippen LogP contribution is 2.01. The molecule has 0 saturated carbocycles. The molecule has 0 spiro atoms. The largest absolute Gasteiger partial charge is 0.330 e. The van der Waals surface area contributed by atoms with Crippen molar-refractivity contribution in [3.63, 3.8) is 0 Å². The fraction of sp³-hybridized carbons (Fsp3) is 1.00. The smallest absolute Gasteiger partial charge is 0.0842 e. The maximum atomic E-state index is 5.33. The van der Waals surface area contributed by atoms with Crippen molar-refractivity contribution in [2.24, 2.45) is 11.6 Å². The van der Waals surface area contributed by atoms with Crippen molar-refractivity contribution >= 4 is 0 Å². The van der Waals surface area contributed by atoms with Crippen LogP contribution in [0.25, 0.3) is 0 Å². The monoisotopic (exact) mass is 162 g/mol. The van der Waals surface area contributed by atoms with Crippen molar-refractivity contribution in [3.8, 4) is 0 Å². The maximum absolute atomic E-state index is 5.33. The van der Waals surface area contributed by atoms with Gasteiger partial charge in [0, 0.05) is 0 Å². The van der Waals surface area contributed by atoms with Gasteiger partial charge in [-0.3, -0.25) is 0 Å². The van der Waals surface area contributed by atoms with Crippen LogP contribution in [-0.2, 0) is 9.88 Å². The molecule has 0 amide bonds. The first-order chi connectivity index (χ1) is 5.41. The zero-order valence-corrected chi connectivity index (χ0v) is 6.92. The van der Waals surface area contributed by atoms with Gasteiger partial charge >= 0.3 is 0 Å². The summed E-state index contributed by atoms with van der Waals surface area (Å²) >= 11 is 0. The lowest BCUT2D eigenvalue weighted by Gasteiger charge is -1.99. The first-order valence-corrected chi connectivity index (χ1v) is 4.10. The van der Waals surface area contributed by atoms with Crippen LogP contribution >= 0.6 is 0 Å². The molecule has 0 unspecified atom stereocenters. The second-order valence-electron chi connectivity index (χ2n) is 2.47. The molecule has 0 aromatic carbocycles. The molecule has 4 nitrogen and oxygen atoms in total. The van der Waals surface area contributed by atoms with Gasteiger partial charge < -0.3 is 5.73 Å². The summed E-state index contributed by atoms with van der Waals surface area (Å²) in [7, 11) is 0. The van der Waals surface area contributed by atoms with Crippen LogP contribution in [0.4, 0.5) is 0 Å². The fourth-order valence-corrected chi connectivity index (χ4v) is 0.884. The Labute approximate surface area is 67.7 Å². The molecule has 0 aliphatic rings. The standard InChI is InChI=1S/C7H18N2O2/c8-6-4-2-1-3-5-7-10-11-9/h1-9H2. The Kier molecular flexibility index (Phi) is 9.70. The summed E-state index contributed by atoms with van der Waals surface area (Å²) in [5.41, 5.74) is 5.33. The minimum atomic E-state index is 0.582. The van der Waals surface area contributed by atoms with Gasteiger partial charge in [0.2, 0.25) is 0 Å². The fourth-order valence-electron chi connectivity index (χ4n) is 0.884. The first kappa shape index (κ1) is 10.8. The Bertz CT molecular complexity index is 63.5. The molecule has 0 heterocycles. The van der Waals surface area contributed by atoms with Gasteiger partial charge in [-0.2, -0.15) is 5.90 Å². The van der Waals surface area contributed by atoms with Gasteiger partial charge in [0.25, 0.3) is 0 Å². The van der Waals surface area contributed by atoms with Crippen LogP contribution < -0.4 is 11.6 Å². The van der Waals surface area contributed by atoms with Crippen molar-refractivity contribution in [2.45, 2.75) is 32.1 Å². The number of hydrogen-bond acceptors (Lipinski definition) is 4. The van der Waals surface area contributed by atoms with E-state index < -0.39 is 0 Å². The topological polar surface area (TPSA) is 70.5 Å². The van der Waals surface area contributed by atoms with Crippen LogP contribution in [-0.4, -0.2) is 13.2 Å². The molecule has 68 valence electrons. The molecule has 0 rings (SSSR count). The molecular formula is C7H18N2O2. The Morgan fingerprint density at radius 1 is 0.909 bits per heavy atom. The molecule has 4 heteroatoms. The maximum Gasteiger partial charge on any atom is 0.0842 e. The molecular weight excluding hydrogens is 144 g/mol. The van der Waals surface area contributed by atoms with E-state index in [-0.39, 0.29) is 0 Å². The van der Waals surface area contributed by atoms with Crippen molar-refractivity contribution in [1.82, 2.24) is 0 Å². The minimum absolute atomic E-state index is 0.582. The van der Waals surface area contributed by atoms with Gasteiger partial charge in [0.05, 0.1) is 6.61 Å². The quantitative estimate of drug-likeness (QED) is 0.313. The van der Waals surface area contributed by atoms with Gasteiger partial charge in [0.15, 0.2) is 0 Å². The molecule has 0 bridgehead atoms. The van der Waals surface area contributed by atoms with E-state index in [2.05, 4.69) is 15.8 Å². The van der Waals surface area contributed by atoms with Crippen molar-refractivity contribution < 1.29 is 9.88 Å². The summed E-state index contributed by atoms with van der Waals surface area (Å²) in [5, 5.41) is 0. The predicted molar refractivity (Wildman–Crippen MR) is 43.4 cm³/mol. The summed E-state index contributed by atoms with van der Waals surface area (Å²) in [6.07, 6.45) is 5.70. The van der Waals surface area contributed by atoms with E-state index in [9.17, 15) is 0 Å². The molecule has 0 aliphatic heterocycles. The molecule has 11 heavy (non-hydrogen) atoms. The lowest BCUT2D eigenvalue weighted by Crippen LogP contribution is -2.02. The van der Waals surface area contributed by atoms with E-state index in [4.69, 9.17) is 5.73 Å². The lowest BCUT2D eigenvalue weighted by molar-refractivity contribution is -0.299. The van der Waals surface area contributed by atoms with E-state index in [1.165, 1.54) is 12.8 Å². The van der Waals surface area contributed by atoms with Gasteiger partial charge in [-0.25, -0.2) is 4.89 Å². The molecule has 0 fully saturated rings. The van der Waals surface area contributed by atoms with Crippen LogP contribution in [0.1, 0.15) is 32.1 Å². The Morgan fingerprint density at radius 2 is 1.55 bits per heavy atom. The second kappa shape index (κ2) is 9.84. The molecule has 0 saturated heterocycles. The van der Waals surface area contributed by atoms with E-state index in [0.29, 0.717) is 6.61 Å². The van der Waals surface area contributed by atoms with Gasteiger partial charge in [-0.05, 0) is 19.4 Å². The van der Waals surface area contributed by atoms with Crippen LogP contribution in [0.15, 0.2) is 0 Å². The third kappa shape index (κ3) is 9.84. The molecule has 0 radical (unpaired) electrons. The number of rotatable bonds is 8. The van der Waals surface area contributed by atoms with E-state index >= 15 is 0 Å². The molecule has 0 aliphatic carbocycles. The average Bonchev–Trinajstić information content (AvgIpc) is 2.03. The van der Waals surface area contributed by atoms with Crippen molar-refractivity contribution in [1.29, 1.82) is 0 Å². The van der Waals surface area contributed by atoms with Crippen LogP contribution in [0.5, 0.6) is 0 Å². The summed E-state index contributed by atoms with van der Waals surface area (Å²) in [5.74, 6) is 4.65. The summed E-state index contributed by atoms with van der Waals surface area (Å²) in [6, 6.07) is 0. The third-order valence-electron chi connectivity index (χ3n) is 1.50. The van der Waals surface area contributed by atoms with Crippen LogP contribution in [0.3, 0.4) is 0 Å². The molecule has 4 N–H and O–H groups in total. The third-order valence-corrected chi connectivity index (χ3v) is 1.50. The van der Waals surface area contributed by atoms with E-state index in [1.54, 1.807) is 0 Å². The van der Waals surface area contributed by atoms with Crippen molar-refractivity contribution in [2.75, 3.05) is 13.2 Å². The highest BCUT2D eigenvalue weighted by Gasteiger charge is 1.89. The summed E-state index contributed by atoms with van der Waals surface area (Å²) < 4.78 is 0. The second-order valence-corrected chi connectivity index (χ2v) is 2.47. The van der Waals surface area contributed by atoms with E-state index in [0.717, 1.165) is 25.8 Å². The SMILES string of the molecule is NCCCCCCCOON. The van der Waals surface area contributed by atoms with Gasteiger partial charge in [0.1, 0.15) is 0 Å². The Hall–Kier alpha value is -0.160. The number of hydrogen-bond donors (Lipinski definition) is 2. The van der Waals surface area contributed by atoms with E-state index in [1.807, 2.05) is 0 Å². The van der Waals surface area contributed by atoms with Crippen LogP contribution in [0, 0.1) is 0 Å². The normalized spacial score (nSPS) is 10.4. The molecule has 0 atom stereocenters. The Morgan fingerprint density at radius 3 is 2.18 bits per heavy atom. The van der Waals surface area contributed by atoms with Gasteiger partial charge in [-0.15, -0.1) is 4.99 Å². The number of nitrogens with two attached hydrogens (primary N) is 2. The summed E-state index contributed by atoms with van der Waals surface area (Å²) in [6.45, 7) is 1.38.